The summed E-state index contributed by atoms with van der Waals surface area (Å²) in [6.07, 6.45) is 0. The highest BCUT2D eigenvalue weighted by atomic mass is 35.5. The van der Waals surface area contributed by atoms with Gasteiger partial charge in [0.15, 0.2) is 5.43 Å². The van der Waals surface area contributed by atoms with Gasteiger partial charge in [-0.1, -0.05) is 36.4 Å². The zero-order valence-corrected chi connectivity index (χ0v) is 12.4. The summed E-state index contributed by atoms with van der Waals surface area (Å²) in [6, 6.07) is 15.2. The van der Waals surface area contributed by atoms with Gasteiger partial charge in [-0.3, -0.25) is 4.79 Å². The number of benzene rings is 2. The second-order valence-electron chi connectivity index (χ2n) is 4.79. The molecule has 0 radical (unpaired) electrons. The van der Waals surface area contributed by atoms with Gasteiger partial charge in [0.1, 0.15) is 11.3 Å². The molecule has 1 heterocycles. The molecule has 0 spiro atoms. The molecule has 0 saturated carbocycles. The average molecular weight is 302 g/mol. The summed E-state index contributed by atoms with van der Waals surface area (Å²) < 4.78 is 5.92. The molecule has 108 valence electrons. The lowest BCUT2D eigenvalue weighted by molar-refractivity contribution is 0.614. The van der Waals surface area contributed by atoms with E-state index in [9.17, 15) is 4.79 Å². The predicted octanol–water partition coefficient (Wildman–Crippen LogP) is 3.65. The van der Waals surface area contributed by atoms with Crippen molar-refractivity contribution in [1.82, 2.24) is 0 Å². The lowest BCUT2D eigenvalue weighted by Crippen LogP contribution is -2.08. The lowest BCUT2D eigenvalue weighted by Gasteiger charge is -2.07. The molecule has 21 heavy (non-hydrogen) atoms. The summed E-state index contributed by atoms with van der Waals surface area (Å²) in [4.78, 5) is 12.5. The predicted molar refractivity (Wildman–Crippen MR) is 87.8 cm³/mol. The third kappa shape index (κ3) is 2.71. The molecule has 2 N–H and O–H groups in total. The van der Waals surface area contributed by atoms with Crippen LogP contribution in [0, 0.1) is 6.92 Å². The van der Waals surface area contributed by atoms with Gasteiger partial charge in [-0.05, 0) is 24.6 Å². The highest BCUT2D eigenvalue weighted by Gasteiger charge is 2.12. The Bertz CT molecular complexity index is 825. The van der Waals surface area contributed by atoms with E-state index < -0.39 is 0 Å². The highest BCUT2D eigenvalue weighted by Crippen LogP contribution is 2.25. The molecule has 0 aliphatic heterocycles. The smallest absolute Gasteiger partial charge is 0.196 e. The van der Waals surface area contributed by atoms with E-state index in [1.54, 1.807) is 6.92 Å². The maximum atomic E-state index is 12.5. The molecule has 3 aromatic rings. The van der Waals surface area contributed by atoms with Crippen molar-refractivity contribution >= 4 is 23.4 Å². The standard InChI is InChI=1S/C17H15NO2.ClH/c1-11-16(19)14-9-12(10-18)7-8-15(14)20-17(11)13-5-3-2-4-6-13;/h2-9H,10,18H2,1H3;1H. The van der Waals surface area contributed by atoms with E-state index in [-0.39, 0.29) is 17.8 Å². The van der Waals surface area contributed by atoms with Gasteiger partial charge >= 0.3 is 0 Å². The highest BCUT2D eigenvalue weighted by molar-refractivity contribution is 5.85. The van der Waals surface area contributed by atoms with Crippen molar-refractivity contribution in [3.8, 4) is 11.3 Å². The van der Waals surface area contributed by atoms with E-state index in [4.69, 9.17) is 10.2 Å². The molecule has 3 nitrogen and oxygen atoms in total. The molecule has 0 bridgehead atoms. The van der Waals surface area contributed by atoms with Crippen LogP contribution in [0.5, 0.6) is 0 Å². The van der Waals surface area contributed by atoms with Crippen molar-refractivity contribution in [2.75, 3.05) is 0 Å². The molecular weight excluding hydrogens is 286 g/mol. The van der Waals surface area contributed by atoms with Crippen molar-refractivity contribution in [3.05, 3.63) is 69.9 Å². The topological polar surface area (TPSA) is 56.2 Å². The maximum Gasteiger partial charge on any atom is 0.196 e. The van der Waals surface area contributed by atoms with E-state index in [1.807, 2.05) is 48.5 Å². The van der Waals surface area contributed by atoms with Crippen molar-refractivity contribution in [2.45, 2.75) is 13.5 Å². The molecule has 1 aromatic heterocycles. The molecule has 0 amide bonds. The quantitative estimate of drug-likeness (QED) is 0.786. The van der Waals surface area contributed by atoms with Crippen LogP contribution in [-0.2, 0) is 6.54 Å². The van der Waals surface area contributed by atoms with Crippen LogP contribution < -0.4 is 11.2 Å². The number of nitrogens with two attached hydrogens (primary N) is 1. The third-order valence-corrected chi connectivity index (χ3v) is 3.45. The molecule has 0 fully saturated rings. The van der Waals surface area contributed by atoms with Crippen molar-refractivity contribution in [1.29, 1.82) is 0 Å². The Balaban J connectivity index is 0.00000161. The Morgan fingerprint density at radius 2 is 1.81 bits per heavy atom. The molecule has 0 unspecified atom stereocenters. The molecule has 2 aromatic carbocycles. The number of hydrogen-bond acceptors (Lipinski definition) is 3. The Labute approximate surface area is 128 Å². The van der Waals surface area contributed by atoms with Gasteiger partial charge in [-0.15, -0.1) is 12.4 Å². The first-order valence-corrected chi connectivity index (χ1v) is 6.52. The fraction of sp³-hybridized carbons (Fsp3) is 0.118. The van der Waals surface area contributed by atoms with Gasteiger partial charge in [0, 0.05) is 17.7 Å². The number of rotatable bonds is 2. The van der Waals surface area contributed by atoms with Gasteiger partial charge in [-0.2, -0.15) is 0 Å². The summed E-state index contributed by atoms with van der Waals surface area (Å²) in [7, 11) is 0. The SMILES string of the molecule is Cc1c(-c2ccccc2)oc2ccc(CN)cc2c1=O.Cl. The Morgan fingerprint density at radius 3 is 2.48 bits per heavy atom. The molecule has 0 aliphatic carbocycles. The Kier molecular flexibility index (Phi) is 4.46. The van der Waals surface area contributed by atoms with Crippen LogP contribution >= 0.6 is 12.4 Å². The second kappa shape index (κ2) is 6.12. The van der Waals surface area contributed by atoms with E-state index in [0.717, 1.165) is 11.1 Å². The first kappa shape index (κ1) is 15.3. The monoisotopic (exact) mass is 301 g/mol. The van der Waals surface area contributed by atoms with E-state index in [0.29, 0.717) is 28.8 Å². The third-order valence-electron chi connectivity index (χ3n) is 3.45. The minimum Gasteiger partial charge on any atom is -0.456 e. The van der Waals surface area contributed by atoms with Gasteiger partial charge in [0.05, 0.1) is 5.39 Å². The largest absolute Gasteiger partial charge is 0.456 e. The van der Waals surface area contributed by atoms with Crippen LogP contribution in [0.2, 0.25) is 0 Å². The van der Waals surface area contributed by atoms with Crippen LogP contribution in [0.1, 0.15) is 11.1 Å². The molecule has 0 aliphatic rings. The van der Waals surface area contributed by atoms with Crippen molar-refractivity contribution in [3.63, 3.8) is 0 Å². The molecule has 4 heteroatoms. The zero-order valence-electron chi connectivity index (χ0n) is 11.6. The van der Waals surface area contributed by atoms with Crippen LogP contribution in [0.15, 0.2) is 57.7 Å². The first-order chi connectivity index (χ1) is 9.70. The van der Waals surface area contributed by atoms with E-state index in [2.05, 4.69) is 0 Å². The van der Waals surface area contributed by atoms with Crippen LogP contribution in [-0.4, -0.2) is 0 Å². The van der Waals surface area contributed by atoms with E-state index >= 15 is 0 Å². The van der Waals surface area contributed by atoms with Gasteiger partial charge in [-0.25, -0.2) is 0 Å². The average Bonchev–Trinajstić information content (AvgIpc) is 2.51. The summed E-state index contributed by atoms with van der Waals surface area (Å²) in [6.45, 7) is 2.21. The summed E-state index contributed by atoms with van der Waals surface area (Å²) in [5, 5.41) is 0.588. The molecule has 3 rings (SSSR count). The fourth-order valence-corrected chi connectivity index (χ4v) is 2.33. The number of hydrogen-bond donors (Lipinski definition) is 1. The van der Waals surface area contributed by atoms with Crippen molar-refractivity contribution in [2.24, 2.45) is 5.73 Å². The summed E-state index contributed by atoms with van der Waals surface area (Å²) >= 11 is 0. The van der Waals surface area contributed by atoms with E-state index in [1.165, 1.54) is 0 Å². The zero-order chi connectivity index (χ0) is 14.1. The van der Waals surface area contributed by atoms with Crippen LogP contribution in [0.4, 0.5) is 0 Å². The Hall–Kier alpha value is -2.10. The molecular formula is C17H16ClNO2. The lowest BCUT2D eigenvalue weighted by atomic mass is 10.0. The normalized spacial score (nSPS) is 10.4. The molecule has 0 saturated heterocycles. The summed E-state index contributed by atoms with van der Waals surface area (Å²) in [5.74, 6) is 0.628. The number of fused-ring (bicyclic) bond motifs is 1. The second-order valence-corrected chi connectivity index (χ2v) is 4.79. The molecule has 0 atom stereocenters. The van der Waals surface area contributed by atoms with Gasteiger partial charge in [0.25, 0.3) is 0 Å². The number of halogens is 1. The minimum atomic E-state index is 0. The maximum absolute atomic E-state index is 12.5. The first-order valence-electron chi connectivity index (χ1n) is 6.52. The Morgan fingerprint density at radius 1 is 1.10 bits per heavy atom. The fourth-order valence-electron chi connectivity index (χ4n) is 2.33. The van der Waals surface area contributed by atoms with Crippen LogP contribution in [0.25, 0.3) is 22.3 Å². The minimum absolute atomic E-state index is 0. The van der Waals surface area contributed by atoms with Crippen molar-refractivity contribution < 1.29 is 4.42 Å². The van der Waals surface area contributed by atoms with Gasteiger partial charge < -0.3 is 10.2 Å². The van der Waals surface area contributed by atoms with Crippen LogP contribution in [0.3, 0.4) is 0 Å². The van der Waals surface area contributed by atoms with Gasteiger partial charge in [0.2, 0.25) is 0 Å². The summed E-state index contributed by atoms with van der Waals surface area (Å²) in [5.41, 5.74) is 8.67.